The van der Waals surface area contributed by atoms with Gasteiger partial charge in [0.2, 0.25) is 0 Å². The molecule has 2 heteroatoms. The predicted octanol–water partition coefficient (Wildman–Crippen LogP) is 3.15. The molecule has 1 aromatic carbocycles. The summed E-state index contributed by atoms with van der Waals surface area (Å²) in [6.45, 7) is 5.54. The molecule has 0 aliphatic heterocycles. The van der Waals surface area contributed by atoms with E-state index in [2.05, 4.69) is 37.4 Å². The van der Waals surface area contributed by atoms with Gasteiger partial charge < -0.3 is 5.32 Å². The van der Waals surface area contributed by atoms with E-state index >= 15 is 0 Å². The van der Waals surface area contributed by atoms with Crippen LogP contribution in [0, 0.1) is 13.8 Å². The molecule has 2 rings (SSSR count). The fourth-order valence-electron chi connectivity index (χ4n) is 1.59. The third kappa shape index (κ3) is 3.25. The van der Waals surface area contributed by atoms with Crippen molar-refractivity contribution in [3.05, 3.63) is 29.3 Å². The molecular formula is C13H19NS. The van der Waals surface area contributed by atoms with Crippen molar-refractivity contribution in [2.75, 3.05) is 12.3 Å². The summed E-state index contributed by atoms with van der Waals surface area (Å²) in [6.07, 6.45) is 2.77. The Labute approximate surface area is 96.7 Å². The minimum Gasteiger partial charge on any atom is -0.313 e. The normalized spacial score (nSPS) is 15.6. The molecule has 1 N–H and O–H groups in total. The van der Waals surface area contributed by atoms with Crippen molar-refractivity contribution in [3.63, 3.8) is 0 Å². The van der Waals surface area contributed by atoms with Crippen LogP contribution in [0.2, 0.25) is 0 Å². The molecule has 1 aliphatic rings. The largest absolute Gasteiger partial charge is 0.313 e. The van der Waals surface area contributed by atoms with Gasteiger partial charge in [-0.15, -0.1) is 11.8 Å². The number of hydrogen-bond acceptors (Lipinski definition) is 2. The molecule has 1 nitrogen and oxygen atoms in total. The Bertz CT molecular complexity index is 331. The number of nitrogens with one attached hydrogen (secondary N) is 1. The monoisotopic (exact) mass is 221 g/mol. The summed E-state index contributed by atoms with van der Waals surface area (Å²) in [6, 6.07) is 7.40. The Morgan fingerprint density at radius 2 is 2.13 bits per heavy atom. The maximum atomic E-state index is 3.54. The Morgan fingerprint density at radius 3 is 2.87 bits per heavy atom. The summed E-state index contributed by atoms with van der Waals surface area (Å²) in [4.78, 5) is 1.44. The number of thioether (sulfide) groups is 1. The summed E-state index contributed by atoms with van der Waals surface area (Å²) >= 11 is 1.97. The Balaban J connectivity index is 1.78. The summed E-state index contributed by atoms with van der Waals surface area (Å²) in [5, 5.41) is 3.54. The smallest absolute Gasteiger partial charge is 0.0106 e. The van der Waals surface area contributed by atoms with E-state index < -0.39 is 0 Å². The molecule has 0 aromatic heterocycles. The fourth-order valence-corrected chi connectivity index (χ4v) is 2.58. The van der Waals surface area contributed by atoms with Gasteiger partial charge in [0, 0.05) is 23.2 Å². The van der Waals surface area contributed by atoms with Crippen molar-refractivity contribution in [2.24, 2.45) is 0 Å². The van der Waals surface area contributed by atoms with Crippen LogP contribution in [0.4, 0.5) is 0 Å². The van der Waals surface area contributed by atoms with Gasteiger partial charge in [-0.25, -0.2) is 0 Å². The van der Waals surface area contributed by atoms with E-state index in [-0.39, 0.29) is 0 Å². The molecule has 0 bridgehead atoms. The maximum Gasteiger partial charge on any atom is 0.0106 e. The summed E-state index contributed by atoms with van der Waals surface area (Å²) in [5.74, 6) is 1.18. The van der Waals surface area contributed by atoms with Crippen molar-refractivity contribution in [2.45, 2.75) is 37.6 Å². The second kappa shape index (κ2) is 5.04. The second-order valence-corrected chi connectivity index (χ2v) is 5.41. The van der Waals surface area contributed by atoms with Crippen LogP contribution in [0.15, 0.2) is 23.1 Å². The molecule has 0 saturated heterocycles. The molecule has 0 radical (unpaired) electrons. The van der Waals surface area contributed by atoms with E-state index in [0.717, 1.165) is 12.6 Å². The van der Waals surface area contributed by atoms with Crippen molar-refractivity contribution in [1.82, 2.24) is 5.32 Å². The van der Waals surface area contributed by atoms with Gasteiger partial charge in [-0.3, -0.25) is 0 Å². The number of aryl methyl sites for hydroxylation is 1. The summed E-state index contributed by atoms with van der Waals surface area (Å²) < 4.78 is 0. The molecule has 1 fully saturated rings. The average Bonchev–Trinajstić information content (AvgIpc) is 3.02. The van der Waals surface area contributed by atoms with E-state index in [4.69, 9.17) is 0 Å². The SMILES string of the molecule is Cc1cccc(SCCNC2CC2)c1C. The molecule has 1 aromatic rings. The Hall–Kier alpha value is -0.470. The van der Waals surface area contributed by atoms with Crippen molar-refractivity contribution < 1.29 is 0 Å². The third-order valence-corrected chi connectivity index (χ3v) is 4.09. The van der Waals surface area contributed by atoms with Crippen LogP contribution in [0.5, 0.6) is 0 Å². The van der Waals surface area contributed by atoms with Gasteiger partial charge >= 0.3 is 0 Å². The lowest BCUT2D eigenvalue weighted by atomic mass is 10.1. The molecule has 0 atom stereocenters. The highest BCUT2D eigenvalue weighted by molar-refractivity contribution is 7.99. The molecule has 1 saturated carbocycles. The zero-order valence-corrected chi connectivity index (χ0v) is 10.4. The van der Waals surface area contributed by atoms with Gasteiger partial charge in [0.25, 0.3) is 0 Å². The van der Waals surface area contributed by atoms with E-state index in [1.165, 1.54) is 34.6 Å². The molecule has 15 heavy (non-hydrogen) atoms. The number of rotatable bonds is 5. The van der Waals surface area contributed by atoms with Gasteiger partial charge in [-0.2, -0.15) is 0 Å². The molecule has 82 valence electrons. The standard InChI is InChI=1S/C13H19NS/c1-10-4-3-5-13(11(10)2)15-9-8-14-12-6-7-12/h3-5,12,14H,6-9H2,1-2H3. The molecule has 0 spiro atoms. The van der Waals surface area contributed by atoms with Crippen molar-refractivity contribution in [3.8, 4) is 0 Å². The fraction of sp³-hybridized carbons (Fsp3) is 0.538. The maximum absolute atomic E-state index is 3.54. The summed E-state index contributed by atoms with van der Waals surface area (Å²) in [5.41, 5.74) is 2.84. The predicted molar refractivity (Wildman–Crippen MR) is 67.7 cm³/mol. The number of benzene rings is 1. The highest BCUT2D eigenvalue weighted by atomic mass is 32.2. The molecule has 0 unspecified atom stereocenters. The van der Waals surface area contributed by atoms with Crippen LogP contribution < -0.4 is 5.32 Å². The first-order valence-corrected chi connectivity index (χ1v) is 6.68. The highest BCUT2D eigenvalue weighted by Crippen LogP contribution is 2.24. The molecular weight excluding hydrogens is 202 g/mol. The van der Waals surface area contributed by atoms with Gasteiger partial charge in [-0.05, 0) is 43.9 Å². The van der Waals surface area contributed by atoms with E-state index in [1.54, 1.807) is 0 Å². The molecule has 0 amide bonds. The number of hydrogen-bond donors (Lipinski definition) is 1. The zero-order valence-electron chi connectivity index (χ0n) is 9.55. The second-order valence-electron chi connectivity index (χ2n) is 4.27. The lowest BCUT2D eigenvalue weighted by Gasteiger charge is -2.08. The third-order valence-electron chi connectivity index (χ3n) is 2.92. The van der Waals surface area contributed by atoms with Crippen LogP contribution in [0.1, 0.15) is 24.0 Å². The summed E-state index contributed by atoms with van der Waals surface area (Å²) in [7, 11) is 0. The topological polar surface area (TPSA) is 12.0 Å². The Kier molecular flexibility index (Phi) is 3.71. The van der Waals surface area contributed by atoms with Gasteiger partial charge in [-0.1, -0.05) is 12.1 Å². The first kappa shape index (κ1) is 11.0. The first-order chi connectivity index (χ1) is 7.27. The van der Waals surface area contributed by atoms with E-state index in [1.807, 2.05) is 11.8 Å². The van der Waals surface area contributed by atoms with Crippen LogP contribution >= 0.6 is 11.8 Å². The van der Waals surface area contributed by atoms with Gasteiger partial charge in [0.1, 0.15) is 0 Å². The van der Waals surface area contributed by atoms with E-state index in [0.29, 0.717) is 0 Å². The first-order valence-electron chi connectivity index (χ1n) is 5.70. The minimum absolute atomic E-state index is 0.837. The van der Waals surface area contributed by atoms with Crippen LogP contribution in [-0.4, -0.2) is 18.3 Å². The van der Waals surface area contributed by atoms with Crippen LogP contribution in [-0.2, 0) is 0 Å². The van der Waals surface area contributed by atoms with Gasteiger partial charge in [0.15, 0.2) is 0 Å². The van der Waals surface area contributed by atoms with Crippen LogP contribution in [0.3, 0.4) is 0 Å². The molecule has 1 aliphatic carbocycles. The lowest BCUT2D eigenvalue weighted by Crippen LogP contribution is -2.19. The van der Waals surface area contributed by atoms with Gasteiger partial charge in [0.05, 0.1) is 0 Å². The Morgan fingerprint density at radius 1 is 1.33 bits per heavy atom. The van der Waals surface area contributed by atoms with E-state index in [9.17, 15) is 0 Å². The molecule has 0 heterocycles. The minimum atomic E-state index is 0.837. The lowest BCUT2D eigenvalue weighted by molar-refractivity contribution is 0.726. The average molecular weight is 221 g/mol. The zero-order chi connectivity index (χ0) is 10.7. The van der Waals surface area contributed by atoms with Crippen molar-refractivity contribution >= 4 is 11.8 Å². The van der Waals surface area contributed by atoms with Crippen LogP contribution in [0.25, 0.3) is 0 Å². The van der Waals surface area contributed by atoms with Crippen molar-refractivity contribution in [1.29, 1.82) is 0 Å². The highest BCUT2D eigenvalue weighted by Gasteiger charge is 2.19. The quantitative estimate of drug-likeness (QED) is 0.605.